The molecule has 130 valence electrons. The Morgan fingerprint density at radius 3 is 2.85 bits per heavy atom. The molecule has 3 rings (SSSR count). The maximum absolute atomic E-state index is 12.1. The smallest absolute Gasteiger partial charge is 0.343 e. The first-order chi connectivity index (χ1) is 12.6. The molecule has 0 spiro atoms. The lowest BCUT2D eigenvalue weighted by atomic mass is 10.2. The minimum absolute atomic E-state index is 0.0908. The minimum Gasteiger partial charge on any atom is -0.462 e. The lowest BCUT2D eigenvalue weighted by Crippen LogP contribution is -2.17. The summed E-state index contributed by atoms with van der Waals surface area (Å²) in [5.41, 5.74) is 0.834. The number of nitriles is 1. The van der Waals surface area contributed by atoms with E-state index in [1.165, 1.54) is 10.9 Å². The molecule has 1 aromatic carbocycles. The fraction of sp³-hybridized carbons (Fsp3) is 0.167. The van der Waals surface area contributed by atoms with E-state index >= 15 is 0 Å². The predicted molar refractivity (Wildman–Crippen MR) is 93.7 cm³/mol. The Bertz CT molecular complexity index is 1020. The molecular weight excluding hydrogens is 334 g/mol. The molecule has 1 N–H and O–H groups in total. The fourth-order valence-electron chi connectivity index (χ4n) is 2.42. The summed E-state index contributed by atoms with van der Waals surface area (Å²) in [6.45, 7) is 1.87. The summed E-state index contributed by atoms with van der Waals surface area (Å²) in [5.74, 6) is -0.634. The van der Waals surface area contributed by atoms with Gasteiger partial charge in [-0.25, -0.2) is 9.78 Å². The molecule has 0 aliphatic heterocycles. The molecular formula is C18H15N5O3. The van der Waals surface area contributed by atoms with Gasteiger partial charge in [-0.1, -0.05) is 18.2 Å². The average molecular weight is 349 g/mol. The van der Waals surface area contributed by atoms with Gasteiger partial charge in [-0.15, -0.1) is 0 Å². The second kappa shape index (κ2) is 7.44. The highest BCUT2D eigenvalue weighted by atomic mass is 16.5. The van der Waals surface area contributed by atoms with Crippen LogP contribution >= 0.6 is 0 Å². The van der Waals surface area contributed by atoms with Gasteiger partial charge in [-0.05, 0) is 25.1 Å². The molecule has 0 aliphatic rings. The number of hydrogen-bond acceptors (Lipinski definition) is 6. The molecule has 0 saturated carbocycles. The zero-order chi connectivity index (χ0) is 18.5. The summed E-state index contributed by atoms with van der Waals surface area (Å²) < 4.78 is 6.34. The molecule has 0 unspecified atom stereocenters. The number of aromatic nitrogens is 3. The third kappa shape index (κ3) is 3.37. The Morgan fingerprint density at radius 1 is 1.27 bits per heavy atom. The van der Waals surface area contributed by atoms with Gasteiger partial charge in [-0.2, -0.15) is 15.0 Å². The van der Waals surface area contributed by atoms with Crippen molar-refractivity contribution in [3.8, 4) is 11.9 Å². The van der Waals surface area contributed by atoms with Crippen LogP contribution < -0.4 is 5.32 Å². The normalized spacial score (nSPS) is 10.3. The van der Waals surface area contributed by atoms with Crippen LogP contribution in [0.5, 0.6) is 0 Å². The van der Waals surface area contributed by atoms with E-state index in [9.17, 15) is 9.59 Å². The van der Waals surface area contributed by atoms with Gasteiger partial charge in [0.1, 0.15) is 12.0 Å². The zero-order valence-corrected chi connectivity index (χ0v) is 14.0. The number of esters is 1. The number of hydrogen-bond donors (Lipinski definition) is 1. The van der Waals surface area contributed by atoms with Gasteiger partial charge < -0.3 is 10.1 Å². The van der Waals surface area contributed by atoms with Crippen molar-refractivity contribution in [2.24, 2.45) is 0 Å². The van der Waals surface area contributed by atoms with E-state index in [-0.39, 0.29) is 24.4 Å². The first-order valence-corrected chi connectivity index (χ1v) is 7.92. The van der Waals surface area contributed by atoms with Crippen LogP contribution in [0.15, 0.2) is 42.6 Å². The van der Waals surface area contributed by atoms with Crippen molar-refractivity contribution in [2.45, 2.75) is 13.3 Å². The average Bonchev–Trinajstić information content (AvgIpc) is 3.05. The number of benzene rings is 1. The van der Waals surface area contributed by atoms with Crippen molar-refractivity contribution in [1.29, 1.82) is 5.26 Å². The van der Waals surface area contributed by atoms with Crippen LogP contribution in [0.25, 0.3) is 16.7 Å². The number of carbonyl (C=O) groups is 2. The van der Waals surface area contributed by atoms with Crippen molar-refractivity contribution in [1.82, 2.24) is 14.8 Å². The number of amides is 1. The molecule has 8 nitrogen and oxygen atoms in total. The molecule has 3 aromatic rings. The number of para-hydroxylation sites is 1. The molecule has 26 heavy (non-hydrogen) atoms. The van der Waals surface area contributed by atoms with Gasteiger partial charge >= 0.3 is 5.97 Å². The first-order valence-electron chi connectivity index (χ1n) is 7.92. The number of nitrogens with zero attached hydrogens (tertiary/aromatic N) is 4. The number of rotatable bonds is 5. The maximum Gasteiger partial charge on any atom is 0.343 e. The molecule has 2 heterocycles. The molecule has 8 heteroatoms. The largest absolute Gasteiger partial charge is 0.462 e. The lowest BCUT2D eigenvalue weighted by Gasteiger charge is -2.10. The highest BCUT2D eigenvalue weighted by Gasteiger charge is 2.22. The maximum atomic E-state index is 12.1. The van der Waals surface area contributed by atoms with E-state index in [1.54, 1.807) is 19.1 Å². The van der Waals surface area contributed by atoms with Crippen LogP contribution in [0, 0.1) is 11.3 Å². The van der Waals surface area contributed by atoms with Crippen LogP contribution in [0.3, 0.4) is 0 Å². The van der Waals surface area contributed by atoms with Crippen LogP contribution in [-0.4, -0.2) is 33.2 Å². The van der Waals surface area contributed by atoms with Crippen LogP contribution in [0.4, 0.5) is 5.82 Å². The van der Waals surface area contributed by atoms with E-state index in [1.807, 2.05) is 30.3 Å². The van der Waals surface area contributed by atoms with Crippen molar-refractivity contribution in [3.05, 3.63) is 48.2 Å². The molecule has 0 atom stereocenters. The number of fused-ring (bicyclic) bond motifs is 1. The minimum atomic E-state index is -0.619. The Hall–Kier alpha value is -3.73. The summed E-state index contributed by atoms with van der Waals surface area (Å²) >= 11 is 0. The van der Waals surface area contributed by atoms with E-state index in [0.29, 0.717) is 5.82 Å². The van der Waals surface area contributed by atoms with Crippen LogP contribution in [0.2, 0.25) is 0 Å². The SMILES string of the molecule is CCOC(=O)c1cnn(-c2ccc3ccccc3n2)c1NC(=O)CC#N. The number of anilines is 1. The molecule has 0 aliphatic carbocycles. The number of carbonyl (C=O) groups excluding carboxylic acids is 2. The van der Waals surface area contributed by atoms with Gasteiger partial charge in [0.25, 0.3) is 0 Å². The monoisotopic (exact) mass is 349 g/mol. The van der Waals surface area contributed by atoms with Gasteiger partial charge in [0.05, 0.1) is 24.4 Å². The Balaban J connectivity index is 2.08. The molecule has 0 fully saturated rings. The van der Waals surface area contributed by atoms with Crippen LogP contribution in [-0.2, 0) is 9.53 Å². The first kappa shape index (κ1) is 17.1. The number of nitrogens with one attached hydrogen (secondary N) is 1. The third-order valence-electron chi connectivity index (χ3n) is 3.56. The quantitative estimate of drug-likeness (QED) is 0.709. The van der Waals surface area contributed by atoms with Crippen molar-refractivity contribution in [3.63, 3.8) is 0 Å². The van der Waals surface area contributed by atoms with Crippen molar-refractivity contribution < 1.29 is 14.3 Å². The number of ether oxygens (including phenoxy) is 1. The summed E-state index contributed by atoms with van der Waals surface area (Å²) in [5, 5.41) is 16.4. The topological polar surface area (TPSA) is 110 Å². The standard InChI is InChI=1S/C18H15N5O3/c1-2-26-18(25)13-11-20-23(17(13)22-16(24)9-10-19)15-8-7-12-5-3-4-6-14(12)21-15/h3-8,11H,2,9H2,1H3,(H,22,24). The van der Waals surface area contributed by atoms with E-state index in [2.05, 4.69) is 15.4 Å². The molecule has 0 saturated heterocycles. The zero-order valence-electron chi connectivity index (χ0n) is 14.0. The van der Waals surface area contributed by atoms with Crippen molar-refractivity contribution >= 4 is 28.6 Å². The summed E-state index contributed by atoms with van der Waals surface area (Å²) in [6.07, 6.45) is 0.954. The fourth-order valence-corrected chi connectivity index (χ4v) is 2.42. The molecule has 0 bridgehead atoms. The van der Waals surface area contributed by atoms with E-state index < -0.39 is 11.9 Å². The highest BCUT2D eigenvalue weighted by molar-refractivity contribution is 6.01. The third-order valence-corrected chi connectivity index (χ3v) is 3.56. The summed E-state index contributed by atoms with van der Waals surface area (Å²) in [7, 11) is 0. The molecule has 2 aromatic heterocycles. The van der Waals surface area contributed by atoms with Gasteiger partial charge in [0, 0.05) is 5.39 Å². The summed E-state index contributed by atoms with van der Waals surface area (Å²) in [4.78, 5) is 28.6. The van der Waals surface area contributed by atoms with E-state index in [4.69, 9.17) is 10.00 Å². The van der Waals surface area contributed by atoms with Gasteiger partial charge in [-0.3, -0.25) is 4.79 Å². The second-order valence-corrected chi connectivity index (χ2v) is 5.28. The Kier molecular flexibility index (Phi) is 4.90. The van der Waals surface area contributed by atoms with Gasteiger partial charge in [0.2, 0.25) is 5.91 Å². The Labute approximate surface area is 149 Å². The Morgan fingerprint density at radius 2 is 2.08 bits per heavy atom. The van der Waals surface area contributed by atoms with Crippen molar-refractivity contribution in [2.75, 3.05) is 11.9 Å². The predicted octanol–water partition coefficient (Wildman–Crippen LogP) is 2.45. The van der Waals surface area contributed by atoms with Gasteiger partial charge in [0.15, 0.2) is 11.6 Å². The summed E-state index contributed by atoms with van der Waals surface area (Å²) in [6, 6.07) is 12.9. The molecule has 1 amide bonds. The van der Waals surface area contributed by atoms with E-state index in [0.717, 1.165) is 10.9 Å². The second-order valence-electron chi connectivity index (χ2n) is 5.28. The van der Waals surface area contributed by atoms with Crippen LogP contribution in [0.1, 0.15) is 23.7 Å². The highest BCUT2D eigenvalue weighted by Crippen LogP contribution is 2.22. The lowest BCUT2D eigenvalue weighted by molar-refractivity contribution is -0.115. The molecule has 0 radical (unpaired) electrons. The number of pyridine rings is 1.